The van der Waals surface area contributed by atoms with Crippen molar-refractivity contribution in [3.05, 3.63) is 63.6 Å². The zero-order valence-electron chi connectivity index (χ0n) is 13.7. The number of aromatic nitrogens is 2. The maximum atomic E-state index is 11.8. The van der Waals surface area contributed by atoms with Crippen LogP contribution in [0.5, 0.6) is 0 Å². The Morgan fingerprint density at radius 2 is 1.59 bits per heavy atom. The van der Waals surface area contributed by atoms with Gasteiger partial charge in [-0.05, 0) is 42.8 Å². The third-order valence-corrected chi connectivity index (χ3v) is 3.56. The monoisotopic (exact) mass is 428 g/mol. The van der Waals surface area contributed by atoms with Gasteiger partial charge < -0.3 is 10.3 Å². The van der Waals surface area contributed by atoms with E-state index in [2.05, 4.69) is 19.5 Å². The number of halogens is 3. The summed E-state index contributed by atoms with van der Waals surface area (Å²) in [6, 6.07) is 5.95. The Morgan fingerprint density at radius 1 is 1.07 bits per heavy atom. The maximum absolute atomic E-state index is 11.8. The Kier molecular flexibility index (Phi) is 9.25. The first kappa shape index (κ1) is 22.4. The fourth-order valence-corrected chi connectivity index (χ4v) is 2.21. The van der Waals surface area contributed by atoms with Crippen LogP contribution in [0.2, 0.25) is 10.3 Å². The van der Waals surface area contributed by atoms with Crippen LogP contribution in [0.15, 0.2) is 36.7 Å². The van der Waals surface area contributed by atoms with E-state index in [0.717, 1.165) is 0 Å². The van der Waals surface area contributed by atoms with E-state index >= 15 is 0 Å². The SMILES string of the molecule is CCOC(=O)C(=[N+]=[N-])C(=O)c1cccnc1Cl.O=C(Cl)c1cccnc1Cl. The summed E-state index contributed by atoms with van der Waals surface area (Å²) in [6.07, 6.45) is 2.88. The Balaban J connectivity index is 0.000000309. The van der Waals surface area contributed by atoms with Crippen molar-refractivity contribution in [1.29, 1.82) is 0 Å². The number of carbonyl (C=O) groups is 3. The van der Waals surface area contributed by atoms with Gasteiger partial charge in [-0.1, -0.05) is 23.2 Å². The van der Waals surface area contributed by atoms with Crippen LogP contribution >= 0.6 is 34.8 Å². The first-order chi connectivity index (χ1) is 12.8. The summed E-state index contributed by atoms with van der Waals surface area (Å²) >= 11 is 16.3. The zero-order chi connectivity index (χ0) is 20.4. The summed E-state index contributed by atoms with van der Waals surface area (Å²) in [6.45, 7) is 1.63. The van der Waals surface area contributed by atoms with Crippen molar-refractivity contribution in [2.45, 2.75) is 6.92 Å². The molecule has 2 rings (SSSR count). The average Bonchev–Trinajstić information content (AvgIpc) is 2.63. The van der Waals surface area contributed by atoms with Gasteiger partial charge in [0, 0.05) is 12.4 Å². The highest BCUT2D eigenvalue weighted by Gasteiger charge is 2.33. The highest BCUT2D eigenvalue weighted by molar-refractivity contribution is 6.68. The highest BCUT2D eigenvalue weighted by atomic mass is 35.5. The molecule has 11 heteroatoms. The van der Waals surface area contributed by atoms with E-state index in [-0.39, 0.29) is 28.0 Å². The number of hydrogen-bond donors (Lipinski definition) is 0. The molecule has 0 aliphatic rings. The molecule has 0 aromatic carbocycles. The van der Waals surface area contributed by atoms with E-state index in [4.69, 9.17) is 40.3 Å². The molecule has 0 unspecified atom stereocenters. The number of esters is 1. The number of ether oxygens (including phenoxy) is 1. The van der Waals surface area contributed by atoms with Crippen LogP contribution in [0.4, 0.5) is 0 Å². The third kappa shape index (κ3) is 6.54. The van der Waals surface area contributed by atoms with Crippen LogP contribution in [0.1, 0.15) is 27.6 Å². The molecule has 2 aromatic heterocycles. The Morgan fingerprint density at radius 3 is 1.96 bits per heavy atom. The minimum absolute atomic E-state index is 0.0324. The summed E-state index contributed by atoms with van der Waals surface area (Å²) in [4.78, 5) is 43.6. The van der Waals surface area contributed by atoms with Crippen molar-refractivity contribution in [2.24, 2.45) is 0 Å². The molecule has 140 valence electrons. The van der Waals surface area contributed by atoms with Gasteiger partial charge in [-0.2, -0.15) is 4.79 Å². The van der Waals surface area contributed by atoms with Crippen molar-refractivity contribution in [2.75, 3.05) is 6.61 Å². The van der Waals surface area contributed by atoms with Crippen molar-refractivity contribution in [1.82, 2.24) is 9.97 Å². The second kappa shape index (κ2) is 11.2. The fraction of sp³-hybridized carbons (Fsp3) is 0.125. The molecule has 2 aromatic rings. The molecule has 27 heavy (non-hydrogen) atoms. The summed E-state index contributed by atoms with van der Waals surface area (Å²) in [5, 5.41) is -0.524. The summed E-state index contributed by atoms with van der Waals surface area (Å²) in [5.74, 6) is -1.86. The lowest BCUT2D eigenvalue weighted by Crippen LogP contribution is -2.27. The quantitative estimate of drug-likeness (QED) is 0.105. The molecule has 0 aliphatic heterocycles. The fourth-order valence-electron chi connectivity index (χ4n) is 1.59. The summed E-state index contributed by atoms with van der Waals surface area (Å²) in [7, 11) is 0. The first-order valence-corrected chi connectivity index (χ1v) is 8.31. The summed E-state index contributed by atoms with van der Waals surface area (Å²) < 4.78 is 4.56. The van der Waals surface area contributed by atoms with E-state index in [1.54, 1.807) is 13.0 Å². The molecular formula is C16H11Cl3N4O4. The Hall–Kier alpha value is -2.64. The first-order valence-electron chi connectivity index (χ1n) is 7.18. The van der Waals surface area contributed by atoms with Crippen LogP contribution in [0, 0.1) is 0 Å². The molecule has 0 N–H and O–H groups in total. The van der Waals surface area contributed by atoms with E-state index in [1.807, 2.05) is 0 Å². The molecular weight excluding hydrogens is 419 g/mol. The molecule has 0 amide bonds. The smallest absolute Gasteiger partial charge is 0.446 e. The van der Waals surface area contributed by atoms with Crippen LogP contribution in [0.25, 0.3) is 5.53 Å². The molecule has 2 heterocycles. The minimum Gasteiger partial charge on any atom is -0.457 e. The van der Waals surface area contributed by atoms with Gasteiger partial charge in [-0.25, -0.2) is 14.8 Å². The van der Waals surface area contributed by atoms with Crippen LogP contribution in [0.3, 0.4) is 0 Å². The van der Waals surface area contributed by atoms with Gasteiger partial charge >= 0.3 is 11.7 Å². The Labute approximate surface area is 168 Å². The van der Waals surface area contributed by atoms with Gasteiger partial charge in [0.05, 0.1) is 17.7 Å². The molecule has 0 saturated heterocycles. The van der Waals surface area contributed by atoms with Crippen LogP contribution in [-0.2, 0) is 9.53 Å². The van der Waals surface area contributed by atoms with Gasteiger partial charge in [0.15, 0.2) is 0 Å². The number of rotatable bonds is 5. The van der Waals surface area contributed by atoms with Gasteiger partial charge in [-0.15, -0.1) is 0 Å². The van der Waals surface area contributed by atoms with Crippen molar-refractivity contribution in [3.8, 4) is 0 Å². The van der Waals surface area contributed by atoms with E-state index in [1.165, 1.54) is 30.6 Å². The lowest BCUT2D eigenvalue weighted by Gasteiger charge is -1.99. The van der Waals surface area contributed by atoms with Crippen LogP contribution < -0.4 is 0 Å². The van der Waals surface area contributed by atoms with Crippen molar-refractivity contribution >= 4 is 57.5 Å². The second-order valence-electron chi connectivity index (χ2n) is 4.46. The lowest BCUT2D eigenvalue weighted by molar-refractivity contribution is -0.139. The molecule has 0 radical (unpaired) electrons. The largest absolute Gasteiger partial charge is 0.457 e. The molecule has 0 aliphatic carbocycles. The zero-order valence-corrected chi connectivity index (χ0v) is 16.0. The number of ketones is 1. The predicted molar refractivity (Wildman–Crippen MR) is 98.3 cm³/mol. The maximum Gasteiger partial charge on any atom is 0.446 e. The number of carbonyl (C=O) groups excluding carboxylic acids is 3. The highest BCUT2D eigenvalue weighted by Crippen LogP contribution is 2.13. The third-order valence-electron chi connectivity index (χ3n) is 2.76. The second-order valence-corrected chi connectivity index (χ2v) is 5.51. The number of hydrogen-bond acceptors (Lipinski definition) is 6. The molecule has 0 atom stereocenters. The lowest BCUT2D eigenvalue weighted by atomic mass is 10.1. The molecule has 0 bridgehead atoms. The van der Waals surface area contributed by atoms with E-state index < -0.39 is 22.7 Å². The normalized spacial score (nSPS) is 9.33. The summed E-state index contributed by atoms with van der Waals surface area (Å²) in [5.41, 5.74) is 8.12. The predicted octanol–water partition coefficient (Wildman–Crippen LogP) is 3.27. The van der Waals surface area contributed by atoms with E-state index in [9.17, 15) is 14.4 Å². The number of pyridine rings is 2. The van der Waals surface area contributed by atoms with Crippen molar-refractivity contribution in [3.63, 3.8) is 0 Å². The Bertz CT molecular complexity index is 914. The molecule has 0 spiro atoms. The number of nitrogens with zero attached hydrogens (tertiary/aromatic N) is 4. The molecule has 0 fully saturated rings. The van der Waals surface area contributed by atoms with Gasteiger partial charge in [0.2, 0.25) is 0 Å². The topological polar surface area (TPSA) is 123 Å². The minimum atomic E-state index is -1.01. The number of Topliss-reactive ketones (excluding diaryl/α,β-unsaturated/α-hetero) is 1. The van der Waals surface area contributed by atoms with Gasteiger partial charge in [-0.3, -0.25) is 9.59 Å². The van der Waals surface area contributed by atoms with Gasteiger partial charge in [0.25, 0.3) is 11.0 Å². The molecule has 0 saturated carbocycles. The van der Waals surface area contributed by atoms with Crippen molar-refractivity contribution < 1.29 is 23.9 Å². The van der Waals surface area contributed by atoms with Gasteiger partial charge in [0.1, 0.15) is 10.3 Å². The standard InChI is InChI=1S/C10H8ClN3O3.C6H3Cl2NO/c1-2-17-10(16)7(14-12)8(15)6-4-3-5-13-9(6)11;7-5-4(6(8)10)2-1-3-9-5/h3-5H,2H2,1H3;1-3H. The molecule has 8 nitrogen and oxygen atoms in total. The van der Waals surface area contributed by atoms with Crippen LogP contribution in [-0.4, -0.2) is 44.1 Å². The average molecular weight is 430 g/mol. The van der Waals surface area contributed by atoms with E-state index in [0.29, 0.717) is 0 Å².